The second kappa shape index (κ2) is 7.56. The van der Waals surface area contributed by atoms with Crippen molar-refractivity contribution in [1.29, 1.82) is 0 Å². The van der Waals surface area contributed by atoms with E-state index in [1.165, 1.54) is 12.1 Å². The second-order valence-electron chi connectivity index (χ2n) is 5.45. The Kier molecular flexibility index (Phi) is 5.76. The monoisotopic (exact) mass is 424 g/mol. The molecule has 1 aliphatic carbocycles. The quantitative estimate of drug-likeness (QED) is 0.388. The number of nitrogens with zero attached hydrogens (tertiary/aromatic N) is 2. The summed E-state index contributed by atoms with van der Waals surface area (Å²) in [5, 5.41) is 0. The van der Waals surface area contributed by atoms with Crippen molar-refractivity contribution in [3.8, 4) is 0 Å². The van der Waals surface area contributed by atoms with E-state index in [4.69, 9.17) is 0 Å². The first-order valence-corrected chi connectivity index (χ1v) is 10.2. The Labute approximate surface area is 159 Å². The van der Waals surface area contributed by atoms with Crippen LogP contribution in [0.1, 0.15) is 5.56 Å². The average molecular weight is 424 g/mol. The molecule has 0 heterocycles. The van der Waals surface area contributed by atoms with Gasteiger partial charge in [-0.3, -0.25) is 9.11 Å². The lowest BCUT2D eigenvalue weighted by atomic mass is 9.89. The number of hydrogen-bond acceptors (Lipinski definition) is 8. The molecule has 0 saturated heterocycles. The largest absolute Gasteiger partial charge is 0.300 e. The maximum absolute atomic E-state index is 12.3. The lowest BCUT2D eigenvalue weighted by molar-refractivity contribution is 0.397. The molecule has 0 amide bonds. The first-order valence-electron chi connectivity index (χ1n) is 7.31. The summed E-state index contributed by atoms with van der Waals surface area (Å²) in [6.07, 6.45) is 6.13. The molecule has 0 aliphatic heterocycles. The zero-order chi connectivity index (χ0) is 21.1. The summed E-state index contributed by atoms with van der Waals surface area (Å²) in [5.41, 5.74) is -0.584. The van der Waals surface area contributed by atoms with Gasteiger partial charge in [-0.05, 0) is 11.6 Å². The molecule has 10 nitrogen and oxygen atoms in total. The molecule has 0 bridgehead atoms. The molecular formula is C16H12N2O8S2. The summed E-state index contributed by atoms with van der Waals surface area (Å²) in [6, 6.07) is 7.91. The Hall–Kier alpha value is -2.98. The summed E-state index contributed by atoms with van der Waals surface area (Å²) in [5.74, 6) is 0. The first-order chi connectivity index (χ1) is 13.1. The van der Waals surface area contributed by atoms with E-state index in [2.05, 4.69) is 9.98 Å². The van der Waals surface area contributed by atoms with Gasteiger partial charge in [-0.1, -0.05) is 54.6 Å². The lowest BCUT2D eigenvalue weighted by Crippen LogP contribution is -2.61. The smallest absolute Gasteiger partial charge is 0.285 e. The highest BCUT2D eigenvalue weighted by Crippen LogP contribution is 2.48. The third-order valence-corrected chi connectivity index (χ3v) is 6.90. The molecule has 0 fully saturated rings. The van der Waals surface area contributed by atoms with Crippen molar-refractivity contribution in [2.24, 2.45) is 9.98 Å². The van der Waals surface area contributed by atoms with Crippen LogP contribution in [-0.2, 0) is 29.8 Å². The van der Waals surface area contributed by atoms with Crippen LogP contribution in [0.5, 0.6) is 0 Å². The summed E-state index contributed by atoms with van der Waals surface area (Å²) in [6.45, 7) is 0. The fourth-order valence-electron chi connectivity index (χ4n) is 2.77. The highest BCUT2D eigenvalue weighted by molar-refractivity contribution is 7.92. The summed E-state index contributed by atoms with van der Waals surface area (Å²) >= 11 is 0. The topological polar surface area (TPSA) is 168 Å². The molecule has 28 heavy (non-hydrogen) atoms. The van der Waals surface area contributed by atoms with Gasteiger partial charge in [0.05, 0.1) is 0 Å². The minimum Gasteiger partial charge on any atom is -0.285 e. The van der Waals surface area contributed by atoms with Crippen molar-refractivity contribution in [2.45, 2.75) is 9.62 Å². The molecular weight excluding hydrogens is 412 g/mol. The fraction of sp³-hybridized carbons (Fsp3) is 0.125. The van der Waals surface area contributed by atoms with Crippen LogP contribution in [0.25, 0.3) is 6.08 Å². The highest BCUT2D eigenvalue weighted by Gasteiger charge is 2.68. The zero-order valence-electron chi connectivity index (χ0n) is 13.8. The molecule has 1 aromatic rings. The van der Waals surface area contributed by atoms with Crippen molar-refractivity contribution >= 4 is 38.5 Å². The molecule has 2 unspecified atom stereocenters. The predicted molar refractivity (Wildman–Crippen MR) is 97.5 cm³/mol. The minimum atomic E-state index is -5.63. The Morgan fingerprint density at radius 1 is 0.964 bits per heavy atom. The van der Waals surface area contributed by atoms with Gasteiger partial charge in [0.15, 0.2) is 4.75 Å². The average Bonchev–Trinajstić information content (AvgIpc) is 2.61. The van der Waals surface area contributed by atoms with E-state index in [-0.39, 0.29) is 0 Å². The van der Waals surface area contributed by atoms with Gasteiger partial charge in [-0.15, -0.1) is 0 Å². The van der Waals surface area contributed by atoms with Gasteiger partial charge in [0.2, 0.25) is 12.2 Å². The fourth-order valence-corrected chi connectivity index (χ4v) is 5.46. The van der Waals surface area contributed by atoms with Gasteiger partial charge < -0.3 is 0 Å². The third kappa shape index (κ3) is 3.32. The second-order valence-corrected chi connectivity index (χ2v) is 8.62. The molecule has 1 aromatic carbocycles. The number of carbonyl (C=O) groups excluding carboxylic acids is 2. The van der Waals surface area contributed by atoms with Gasteiger partial charge in [0.1, 0.15) is 5.70 Å². The summed E-state index contributed by atoms with van der Waals surface area (Å²) in [4.78, 5) is 24.4. The van der Waals surface area contributed by atoms with E-state index in [0.717, 1.165) is 30.4 Å². The van der Waals surface area contributed by atoms with Crippen LogP contribution < -0.4 is 0 Å². The van der Waals surface area contributed by atoms with E-state index >= 15 is 0 Å². The van der Waals surface area contributed by atoms with Crippen LogP contribution in [0, 0.1) is 0 Å². The number of allylic oxidation sites excluding steroid dienone is 2. The van der Waals surface area contributed by atoms with Crippen molar-refractivity contribution in [3.05, 3.63) is 65.9 Å². The maximum Gasteiger partial charge on any atom is 0.300 e. The molecule has 2 rings (SSSR count). The molecule has 1 aliphatic rings. The van der Waals surface area contributed by atoms with Crippen LogP contribution in [-0.4, -0.2) is 47.7 Å². The maximum atomic E-state index is 12.3. The molecule has 0 spiro atoms. The Morgan fingerprint density at radius 2 is 1.61 bits per heavy atom. The Morgan fingerprint density at radius 3 is 2.11 bits per heavy atom. The number of benzene rings is 1. The number of aliphatic imine (C=N–C) groups is 2. The Bertz CT molecular complexity index is 1170. The first kappa shape index (κ1) is 21.3. The lowest BCUT2D eigenvalue weighted by Gasteiger charge is -2.39. The summed E-state index contributed by atoms with van der Waals surface area (Å²) < 4.78 is 65.9. The number of hydrogen-bond donors (Lipinski definition) is 2. The minimum absolute atomic E-state index is 0.383. The van der Waals surface area contributed by atoms with Crippen LogP contribution in [0.15, 0.2) is 70.3 Å². The van der Waals surface area contributed by atoms with Gasteiger partial charge in [-0.25, -0.2) is 9.59 Å². The molecule has 2 atom stereocenters. The van der Waals surface area contributed by atoms with Gasteiger partial charge in [0.25, 0.3) is 15.0 Å². The molecule has 0 radical (unpaired) electrons. The SMILES string of the molecule is O=C=NC1=CC=CC(C=Cc2ccccc2)(S(=O)(=O)O)C1(N=C=O)S(=O)(=O)O. The van der Waals surface area contributed by atoms with E-state index in [1.807, 2.05) is 0 Å². The standard InChI is InChI=1S/C16H12N2O8S2/c19-11-17-14-7-4-9-15(27(21,22)23,10-8-13-5-2-1-3-6-13)16(14,18-12-20)28(24,25)26/h1-10H,(H,21,22,23)(H,24,25,26). The molecule has 12 heteroatoms. The van der Waals surface area contributed by atoms with Crippen molar-refractivity contribution in [2.75, 3.05) is 0 Å². The van der Waals surface area contributed by atoms with Gasteiger partial charge >= 0.3 is 10.1 Å². The van der Waals surface area contributed by atoms with Gasteiger partial charge in [0, 0.05) is 0 Å². The van der Waals surface area contributed by atoms with E-state index < -0.39 is 35.6 Å². The molecule has 0 saturated carbocycles. The van der Waals surface area contributed by atoms with Crippen molar-refractivity contribution in [3.63, 3.8) is 0 Å². The van der Waals surface area contributed by atoms with E-state index in [0.29, 0.717) is 17.7 Å². The zero-order valence-corrected chi connectivity index (χ0v) is 15.5. The molecule has 2 N–H and O–H groups in total. The highest BCUT2D eigenvalue weighted by atomic mass is 32.2. The van der Waals surface area contributed by atoms with Gasteiger partial charge in [-0.2, -0.15) is 26.8 Å². The Balaban J connectivity index is 3.02. The third-order valence-electron chi connectivity index (χ3n) is 3.97. The van der Waals surface area contributed by atoms with Crippen molar-refractivity contribution in [1.82, 2.24) is 0 Å². The molecule has 146 valence electrons. The van der Waals surface area contributed by atoms with Crippen LogP contribution in [0.2, 0.25) is 0 Å². The molecule has 0 aromatic heterocycles. The van der Waals surface area contributed by atoms with Crippen molar-refractivity contribution < 1.29 is 35.5 Å². The van der Waals surface area contributed by atoms with Crippen LogP contribution in [0.3, 0.4) is 0 Å². The van der Waals surface area contributed by atoms with Crippen LogP contribution in [0.4, 0.5) is 0 Å². The van der Waals surface area contributed by atoms with E-state index in [9.17, 15) is 35.5 Å². The number of rotatable bonds is 6. The van der Waals surface area contributed by atoms with E-state index in [1.54, 1.807) is 18.2 Å². The van der Waals surface area contributed by atoms with Crippen LogP contribution >= 0.6 is 0 Å². The predicted octanol–water partition coefficient (Wildman–Crippen LogP) is 1.04. The number of isocyanates is 2. The normalized spacial score (nSPS) is 24.9. The summed E-state index contributed by atoms with van der Waals surface area (Å²) in [7, 11) is -11.1.